The van der Waals surface area contributed by atoms with E-state index in [9.17, 15) is 47.9 Å². The van der Waals surface area contributed by atoms with Crippen molar-refractivity contribution in [3.63, 3.8) is 0 Å². The van der Waals surface area contributed by atoms with Crippen molar-refractivity contribution in [2.45, 2.75) is 23.3 Å². The number of hydrogen-bond donors (Lipinski definition) is 0. The molecule has 0 N–H and O–H groups in total. The predicted octanol–water partition coefficient (Wildman–Crippen LogP) is 1.84. The third-order valence-electron chi connectivity index (χ3n) is 1.54. The Morgan fingerprint density at radius 2 is 1.11 bits per heavy atom. The minimum absolute atomic E-state index is 1.34. The average molecular weight is 327 g/mol. The van der Waals surface area contributed by atoms with E-state index in [-0.39, 0.29) is 0 Å². The van der Waals surface area contributed by atoms with Crippen LogP contribution in [0, 0.1) is 0 Å². The zero-order valence-electron chi connectivity index (χ0n) is 7.53. The van der Waals surface area contributed by atoms with Gasteiger partial charge in [-0.1, -0.05) is 0 Å². The van der Waals surface area contributed by atoms with Crippen LogP contribution in [0.25, 0.3) is 0 Å². The molecule has 0 aromatic rings. The third-order valence-corrected chi connectivity index (χ3v) is 3.30. The minimum atomic E-state index is -7.29. The summed E-state index contributed by atoms with van der Waals surface area (Å²) in [6.45, 7) is 0. The van der Waals surface area contributed by atoms with E-state index < -0.39 is 33.4 Å². The summed E-state index contributed by atoms with van der Waals surface area (Å²) in [6, 6.07) is 0. The van der Waals surface area contributed by atoms with Gasteiger partial charge in [0.1, 0.15) is 0 Å². The number of rotatable bonds is 4. The normalized spacial score (nSPS) is 15.9. The molecule has 0 rings (SSSR count). The summed E-state index contributed by atoms with van der Waals surface area (Å²) in [7, 11) is -5.41. The van der Waals surface area contributed by atoms with Crippen LogP contribution in [-0.4, -0.2) is 42.2 Å². The first-order valence-electron chi connectivity index (χ1n) is 3.36. The summed E-state index contributed by atoms with van der Waals surface area (Å²) in [6.07, 6.45) is -7.10. The first-order valence-corrected chi connectivity index (χ1v) is 5.18. The summed E-state index contributed by atoms with van der Waals surface area (Å²) in [5.41, 5.74) is 0. The molecule has 0 amide bonds. The Bertz CT molecular complexity index is 412. The molecule has 0 aliphatic heterocycles. The summed E-state index contributed by atoms with van der Waals surface area (Å²) in [5.74, 6) is -14.6. The lowest BCUT2D eigenvalue weighted by molar-refractivity contribution is -0.382. The van der Waals surface area contributed by atoms with Crippen LogP contribution in [-0.2, 0) is 14.0 Å². The van der Waals surface area contributed by atoms with E-state index in [1.807, 2.05) is 0 Å². The molecule has 0 atom stereocenters. The molecule has 0 bridgehead atoms. The molecule has 0 unspecified atom stereocenters. The molecular formula is C4F9O3SSi. The van der Waals surface area contributed by atoms with Gasteiger partial charge < -0.3 is 3.87 Å². The Labute approximate surface area is 96.6 Å². The Hall–Kier alpha value is -0.503. The first-order chi connectivity index (χ1) is 7.56. The SMILES string of the molecule is O=S(=O)(O[Si])C(F)(F)C(F)(F)C(F)(F)C(F)(F)F. The van der Waals surface area contributed by atoms with Gasteiger partial charge in [-0.2, -0.15) is 47.9 Å². The van der Waals surface area contributed by atoms with Gasteiger partial charge in [0.25, 0.3) is 10.5 Å². The zero-order valence-corrected chi connectivity index (χ0v) is 9.35. The van der Waals surface area contributed by atoms with E-state index in [0.717, 1.165) is 0 Å². The predicted molar refractivity (Wildman–Crippen MR) is 36.7 cm³/mol. The van der Waals surface area contributed by atoms with E-state index in [1.165, 1.54) is 10.5 Å². The summed E-state index contributed by atoms with van der Waals surface area (Å²) >= 11 is 0. The fourth-order valence-electron chi connectivity index (χ4n) is 0.570. The zero-order chi connectivity index (χ0) is 15.2. The molecule has 0 saturated carbocycles. The number of alkyl halides is 9. The van der Waals surface area contributed by atoms with E-state index in [1.54, 1.807) is 0 Å². The van der Waals surface area contributed by atoms with Gasteiger partial charge in [-0.15, -0.1) is 0 Å². The minimum Gasteiger partial charge on any atom is -0.313 e. The molecule has 0 aliphatic rings. The van der Waals surface area contributed by atoms with Crippen molar-refractivity contribution in [1.29, 1.82) is 0 Å². The van der Waals surface area contributed by atoms with Crippen molar-refractivity contribution in [1.82, 2.24) is 0 Å². The second-order valence-electron chi connectivity index (χ2n) is 2.70. The maximum atomic E-state index is 12.5. The fourth-order valence-corrected chi connectivity index (χ4v) is 1.43. The Morgan fingerprint density at radius 1 is 0.778 bits per heavy atom. The highest BCUT2D eigenvalue weighted by molar-refractivity contribution is 7.88. The van der Waals surface area contributed by atoms with Gasteiger partial charge in [0, 0.05) is 0 Å². The van der Waals surface area contributed by atoms with Crippen molar-refractivity contribution in [3.05, 3.63) is 0 Å². The molecule has 0 fully saturated rings. The maximum Gasteiger partial charge on any atom is 0.460 e. The fraction of sp³-hybridized carbons (Fsp3) is 1.00. The molecule has 14 heteroatoms. The Morgan fingerprint density at radius 3 is 1.33 bits per heavy atom. The molecule has 0 aromatic carbocycles. The highest BCUT2D eigenvalue weighted by Crippen LogP contribution is 2.54. The Kier molecular flexibility index (Phi) is 4.14. The lowest BCUT2D eigenvalue weighted by Gasteiger charge is -2.32. The van der Waals surface area contributed by atoms with Crippen LogP contribution in [0.2, 0.25) is 0 Å². The van der Waals surface area contributed by atoms with Crippen molar-refractivity contribution in [2.24, 2.45) is 0 Å². The second kappa shape index (κ2) is 4.26. The van der Waals surface area contributed by atoms with E-state index in [4.69, 9.17) is 0 Å². The number of halogens is 9. The molecular weight excluding hydrogens is 327 g/mol. The van der Waals surface area contributed by atoms with Crippen molar-refractivity contribution < 1.29 is 51.8 Å². The van der Waals surface area contributed by atoms with Gasteiger partial charge in [-0.3, -0.25) is 0 Å². The standard InChI is InChI=1S/C4F9O3SSi/c5-1(6,3(9,10)11)2(7,8)4(12,13)17(14,15)16-18. The number of hydrogen-bond acceptors (Lipinski definition) is 3. The monoisotopic (exact) mass is 327 g/mol. The lowest BCUT2D eigenvalue weighted by atomic mass is 10.1. The van der Waals surface area contributed by atoms with Crippen LogP contribution < -0.4 is 0 Å². The van der Waals surface area contributed by atoms with E-state index >= 15 is 0 Å². The quantitative estimate of drug-likeness (QED) is 0.585. The molecule has 0 aliphatic carbocycles. The van der Waals surface area contributed by atoms with Gasteiger partial charge >= 0.3 is 33.4 Å². The van der Waals surface area contributed by atoms with E-state index in [0.29, 0.717) is 0 Å². The highest BCUT2D eigenvalue weighted by atomic mass is 32.2. The van der Waals surface area contributed by atoms with Crippen molar-refractivity contribution in [3.8, 4) is 0 Å². The van der Waals surface area contributed by atoms with Crippen LogP contribution in [0.1, 0.15) is 0 Å². The van der Waals surface area contributed by atoms with Gasteiger partial charge in [0.05, 0.1) is 0 Å². The second-order valence-corrected chi connectivity index (χ2v) is 4.79. The summed E-state index contributed by atoms with van der Waals surface area (Å²) < 4.78 is 132. The molecule has 0 spiro atoms. The molecule has 3 nitrogen and oxygen atoms in total. The van der Waals surface area contributed by atoms with Gasteiger partial charge in [-0.05, 0) is 0 Å². The first kappa shape index (κ1) is 17.5. The van der Waals surface area contributed by atoms with E-state index in [2.05, 4.69) is 3.87 Å². The summed E-state index contributed by atoms with van der Waals surface area (Å²) in [5, 5.41) is -6.82. The van der Waals surface area contributed by atoms with Gasteiger partial charge in [-0.25, -0.2) is 0 Å². The lowest BCUT2D eigenvalue weighted by Crippen LogP contribution is -2.63. The van der Waals surface area contributed by atoms with Crippen LogP contribution in [0.5, 0.6) is 0 Å². The third kappa shape index (κ3) is 2.20. The molecule has 0 heterocycles. The topological polar surface area (TPSA) is 43.4 Å². The molecule has 107 valence electrons. The molecule has 0 saturated heterocycles. The Balaban J connectivity index is 5.96. The largest absolute Gasteiger partial charge is 0.460 e. The smallest absolute Gasteiger partial charge is 0.313 e. The van der Waals surface area contributed by atoms with Crippen molar-refractivity contribution >= 4 is 20.6 Å². The summed E-state index contributed by atoms with van der Waals surface area (Å²) in [4.78, 5) is 0. The van der Waals surface area contributed by atoms with Crippen LogP contribution in [0.15, 0.2) is 0 Å². The van der Waals surface area contributed by atoms with Crippen LogP contribution >= 0.6 is 0 Å². The van der Waals surface area contributed by atoms with Crippen molar-refractivity contribution in [2.75, 3.05) is 0 Å². The maximum absolute atomic E-state index is 12.5. The molecule has 0 aromatic heterocycles. The average Bonchev–Trinajstić information content (AvgIpc) is 2.15. The van der Waals surface area contributed by atoms with Crippen LogP contribution in [0.3, 0.4) is 0 Å². The van der Waals surface area contributed by atoms with Gasteiger partial charge in [0.15, 0.2) is 0 Å². The molecule has 3 radical (unpaired) electrons. The van der Waals surface area contributed by atoms with Gasteiger partial charge in [0.2, 0.25) is 0 Å². The van der Waals surface area contributed by atoms with Crippen LogP contribution in [0.4, 0.5) is 39.5 Å². The highest BCUT2D eigenvalue weighted by Gasteiger charge is 2.85. The molecule has 18 heavy (non-hydrogen) atoms.